The Morgan fingerprint density at radius 3 is 2.77 bits per heavy atom. The molecule has 1 saturated heterocycles. The predicted octanol–water partition coefficient (Wildman–Crippen LogP) is 1.60. The van der Waals surface area contributed by atoms with Crippen LogP contribution in [0.25, 0.3) is 0 Å². The first-order chi connectivity index (χ1) is 10.7. The van der Waals surface area contributed by atoms with Crippen molar-refractivity contribution in [1.82, 2.24) is 20.1 Å². The van der Waals surface area contributed by atoms with Crippen LogP contribution in [0.3, 0.4) is 0 Å². The summed E-state index contributed by atoms with van der Waals surface area (Å²) in [6, 6.07) is 8.06. The Bertz CT molecular complexity index is 715. The number of aryl methyl sites for hydroxylation is 1. The predicted molar refractivity (Wildman–Crippen MR) is 82.4 cm³/mol. The fourth-order valence-electron chi connectivity index (χ4n) is 3.62. The van der Waals surface area contributed by atoms with Gasteiger partial charge in [-0.25, -0.2) is 4.98 Å². The fourth-order valence-corrected chi connectivity index (χ4v) is 3.62. The van der Waals surface area contributed by atoms with Crippen LogP contribution in [0.15, 0.2) is 24.3 Å². The van der Waals surface area contributed by atoms with E-state index in [9.17, 15) is 4.79 Å². The second-order valence-corrected chi connectivity index (χ2v) is 6.20. The number of amides is 1. The molecule has 0 unspecified atom stereocenters. The summed E-state index contributed by atoms with van der Waals surface area (Å²) in [6.45, 7) is 4.41. The van der Waals surface area contributed by atoms with Gasteiger partial charge >= 0.3 is 0 Å². The van der Waals surface area contributed by atoms with Gasteiger partial charge in [-0.15, -0.1) is 0 Å². The van der Waals surface area contributed by atoms with Gasteiger partial charge in [-0.1, -0.05) is 18.2 Å². The van der Waals surface area contributed by atoms with Gasteiger partial charge in [0.1, 0.15) is 5.82 Å². The highest BCUT2D eigenvalue weighted by Gasteiger charge is 2.48. The van der Waals surface area contributed by atoms with Crippen molar-refractivity contribution in [2.45, 2.75) is 31.7 Å². The number of para-hydroxylation sites is 1. The highest BCUT2D eigenvalue weighted by Crippen LogP contribution is 2.44. The summed E-state index contributed by atoms with van der Waals surface area (Å²) in [5.41, 5.74) is 1.79. The molecular weight excluding hydrogens is 278 g/mol. The number of carbonyl (C=O) groups is 1. The average molecular weight is 297 g/mol. The molecule has 6 heteroatoms. The van der Waals surface area contributed by atoms with Gasteiger partial charge in [-0.3, -0.25) is 14.8 Å². The minimum atomic E-state index is -0.345. The molecule has 0 saturated carbocycles. The zero-order chi connectivity index (χ0) is 15.2. The molecule has 2 aliphatic rings. The number of rotatable bonds is 2. The van der Waals surface area contributed by atoms with E-state index in [1.807, 2.05) is 25.1 Å². The van der Waals surface area contributed by atoms with Gasteiger partial charge in [0.15, 0.2) is 5.82 Å². The van der Waals surface area contributed by atoms with Crippen LogP contribution < -0.4 is 5.32 Å². The van der Waals surface area contributed by atoms with Crippen molar-refractivity contribution in [2.24, 2.45) is 0 Å². The molecule has 0 aliphatic carbocycles. The molecule has 2 aliphatic heterocycles. The van der Waals surface area contributed by atoms with Crippen molar-refractivity contribution in [2.75, 3.05) is 18.4 Å². The minimum Gasteiger partial charge on any atom is -0.325 e. The summed E-state index contributed by atoms with van der Waals surface area (Å²) >= 11 is 0. The molecule has 114 valence electrons. The largest absolute Gasteiger partial charge is 0.325 e. The quantitative estimate of drug-likeness (QED) is 0.883. The van der Waals surface area contributed by atoms with E-state index in [2.05, 4.69) is 31.5 Å². The van der Waals surface area contributed by atoms with E-state index in [4.69, 9.17) is 0 Å². The molecule has 4 rings (SSSR count). The van der Waals surface area contributed by atoms with Gasteiger partial charge in [0.2, 0.25) is 5.91 Å². The van der Waals surface area contributed by atoms with Crippen molar-refractivity contribution in [3.05, 3.63) is 41.5 Å². The van der Waals surface area contributed by atoms with Crippen LogP contribution in [-0.4, -0.2) is 39.1 Å². The Kier molecular flexibility index (Phi) is 3.00. The number of piperidine rings is 1. The molecule has 6 nitrogen and oxygen atoms in total. The average Bonchev–Trinajstić information content (AvgIpc) is 3.04. The molecule has 0 bridgehead atoms. The van der Waals surface area contributed by atoms with Crippen LogP contribution >= 0.6 is 0 Å². The van der Waals surface area contributed by atoms with E-state index >= 15 is 0 Å². The van der Waals surface area contributed by atoms with Crippen LogP contribution in [0, 0.1) is 6.92 Å². The van der Waals surface area contributed by atoms with E-state index in [-0.39, 0.29) is 11.3 Å². The van der Waals surface area contributed by atoms with E-state index in [1.54, 1.807) is 0 Å². The maximum Gasteiger partial charge on any atom is 0.235 e. The molecule has 1 fully saturated rings. The van der Waals surface area contributed by atoms with Gasteiger partial charge < -0.3 is 5.32 Å². The molecule has 1 aromatic carbocycles. The maximum absolute atomic E-state index is 12.5. The number of hydrogen-bond acceptors (Lipinski definition) is 4. The number of hydrogen-bond donors (Lipinski definition) is 2. The van der Waals surface area contributed by atoms with Crippen LogP contribution in [-0.2, 0) is 16.8 Å². The van der Waals surface area contributed by atoms with Gasteiger partial charge in [-0.05, 0) is 44.5 Å². The molecule has 0 atom stereocenters. The Morgan fingerprint density at radius 2 is 2.05 bits per heavy atom. The molecule has 1 aromatic heterocycles. The number of likely N-dealkylation sites (tertiary alicyclic amines) is 1. The molecule has 2 N–H and O–H groups in total. The summed E-state index contributed by atoms with van der Waals surface area (Å²) in [5.74, 6) is 1.82. The Morgan fingerprint density at radius 1 is 1.27 bits per heavy atom. The third-order valence-electron chi connectivity index (χ3n) is 4.84. The lowest BCUT2D eigenvalue weighted by Crippen LogP contribution is -2.46. The highest BCUT2D eigenvalue weighted by atomic mass is 16.2. The molecule has 22 heavy (non-hydrogen) atoms. The number of carbonyl (C=O) groups excluding carboxylic acids is 1. The van der Waals surface area contributed by atoms with Crippen molar-refractivity contribution >= 4 is 11.6 Å². The lowest BCUT2D eigenvalue weighted by molar-refractivity contribution is -0.122. The number of nitrogens with zero attached hydrogens (tertiary/aromatic N) is 3. The zero-order valence-electron chi connectivity index (χ0n) is 12.6. The van der Waals surface area contributed by atoms with E-state index in [0.717, 1.165) is 55.4 Å². The van der Waals surface area contributed by atoms with Crippen molar-refractivity contribution in [3.63, 3.8) is 0 Å². The zero-order valence-corrected chi connectivity index (χ0v) is 12.6. The summed E-state index contributed by atoms with van der Waals surface area (Å²) in [4.78, 5) is 19.2. The van der Waals surface area contributed by atoms with E-state index in [0.29, 0.717) is 0 Å². The normalized spacial score (nSPS) is 20.1. The second-order valence-electron chi connectivity index (χ2n) is 6.20. The maximum atomic E-state index is 12.5. The van der Waals surface area contributed by atoms with Crippen LogP contribution in [0.4, 0.5) is 5.69 Å². The van der Waals surface area contributed by atoms with E-state index < -0.39 is 0 Å². The highest BCUT2D eigenvalue weighted by molar-refractivity contribution is 6.06. The van der Waals surface area contributed by atoms with E-state index in [1.165, 1.54) is 0 Å². The molecular formula is C16H19N5O. The number of H-pyrrole nitrogens is 1. The summed E-state index contributed by atoms with van der Waals surface area (Å²) in [7, 11) is 0. The van der Waals surface area contributed by atoms with Crippen molar-refractivity contribution in [1.29, 1.82) is 0 Å². The van der Waals surface area contributed by atoms with Crippen LogP contribution in [0.5, 0.6) is 0 Å². The van der Waals surface area contributed by atoms with Gasteiger partial charge in [0.25, 0.3) is 0 Å². The Balaban J connectivity index is 1.51. The molecule has 2 aromatic rings. The minimum absolute atomic E-state index is 0.155. The SMILES string of the molecule is Cc1nc(CN2CCC3(CC2)C(=O)Nc2ccccc23)n[nH]1. The number of anilines is 1. The lowest BCUT2D eigenvalue weighted by atomic mass is 9.74. The Hall–Kier alpha value is -2.21. The molecule has 1 spiro atoms. The molecule has 3 heterocycles. The summed E-state index contributed by atoms with van der Waals surface area (Å²) in [5, 5.41) is 10.1. The number of benzene rings is 1. The third kappa shape index (κ3) is 2.02. The smallest absolute Gasteiger partial charge is 0.235 e. The number of aromatic amines is 1. The van der Waals surface area contributed by atoms with Crippen molar-refractivity contribution in [3.8, 4) is 0 Å². The monoisotopic (exact) mass is 297 g/mol. The first-order valence-electron chi connectivity index (χ1n) is 7.69. The molecule has 0 radical (unpaired) electrons. The van der Waals surface area contributed by atoms with Crippen LogP contribution in [0.1, 0.15) is 30.1 Å². The van der Waals surface area contributed by atoms with Gasteiger partial charge in [0.05, 0.1) is 12.0 Å². The molecule has 1 amide bonds. The standard InChI is InChI=1S/C16H19N5O/c1-11-17-14(20-19-11)10-21-8-6-16(7-9-21)12-4-2-3-5-13(12)18-15(16)22/h2-5H,6-10H2,1H3,(H,18,22)(H,17,19,20). The van der Waals surface area contributed by atoms with Gasteiger partial charge in [-0.2, -0.15) is 5.10 Å². The summed E-state index contributed by atoms with van der Waals surface area (Å²) in [6.07, 6.45) is 1.69. The second kappa shape index (κ2) is 4.91. The first kappa shape index (κ1) is 13.5. The number of fused-ring (bicyclic) bond motifs is 2. The Labute approximate surface area is 128 Å². The third-order valence-corrected chi connectivity index (χ3v) is 4.84. The van der Waals surface area contributed by atoms with Gasteiger partial charge in [0, 0.05) is 5.69 Å². The number of aromatic nitrogens is 3. The van der Waals surface area contributed by atoms with Crippen LogP contribution in [0.2, 0.25) is 0 Å². The first-order valence-corrected chi connectivity index (χ1v) is 7.69. The lowest BCUT2D eigenvalue weighted by Gasteiger charge is -2.37. The van der Waals surface area contributed by atoms with Crippen molar-refractivity contribution < 1.29 is 4.79 Å². The fraction of sp³-hybridized carbons (Fsp3) is 0.438. The topological polar surface area (TPSA) is 73.9 Å². The number of nitrogens with one attached hydrogen (secondary N) is 2. The summed E-state index contributed by atoms with van der Waals surface area (Å²) < 4.78 is 0.